The molecule has 1 heterocycles. The molecule has 1 aliphatic rings. The lowest BCUT2D eigenvalue weighted by atomic mass is 10.1. The normalized spacial score (nSPS) is 22.9. The Labute approximate surface area is 130 Å². The Balaban J connectivity index is 2.44. The maximum absolute atomic E-state index is 5.99. The molecule has 1 fully saturated rings. The first kappa shape index (κ1) is 15.6. The molecule has 0 aromatic heterocycles. The van der Waals surface area contributed by atoms with Crippen LogP contribution in [0.3, 0.4) is 0 Å². The van der Waals surface area contributed by atoms with Crippen LogP contribution in [0, 0.1) is 0 Å². The summed E-state index contributed by atoms with van der Waals surface area (Å²) >= 11 is 7.08. The van der Waals surface area contributed by atoms with E-state index in [1.54, 1.807) is 11.8 Å². The van der Waals surface area contributed by atoms with Crippen molar-refractivity contribution in [1.82, 2.24) is 0 Å². The molecule has 3 nitrogen and oxygen atoms in total. The van der Waals surface area contributed by atoms with Crippen LogP contribution < -0.4 is 10.6 Å². The number of nitrogens with two attached hydrogens (primary N) is 1. The van der Waals surface area contributed by atoms with Crippen molar-refractivity contribution in [3.05, 3.63) is 23.8 Å². The largest absolute Gasteiger partial charge is 0.389 e. The summed E-state index contributed by atoms with van der Waals surface area (Å²) in [6.45, 7) is 8.03. The molecule has 0 bridgehead atoms. The van der Waals surface area contributed by atoms with Crippen molar-refractivity contribution in [2.24, 2.45) is 5.73 Å². The Bertz CT molecular complexity index is 493. The van der Waals surface area contributed by atoms with Crippen LogP contribution in [0.15, 0.2) is 23.1 Å². The van der Waals surface area contributed by atoms with Crippen molar-refractivity contribution in [1.29, 1.82) is 0 Å². The molecule has 0 amide bonds. The van der Waals surface area contributed by atoms with E-state index in [1.165, 1.54) is 4.90 Å². The molecule has 110 valence electrons. The van der Waals surface area contributed by atoms with Crippen LogP contribution in [-0.4, -0.2) is 36.0 Å². The van der Waals surface area contributed by atoms with Gasteiger partial charge in [0.15, 0.2) is 0 Å². The number of hydrogen-bond donors (Lipinski definition) is 1. The second-order valence-corrected chi connectivity index (χ2v) is 6.84. The average molecular weight is 310 g/mol. The van der Waals surface area contributed by atoms with E-state index in [2.05, 4.69) is 43.9 Å². The number of benzene rings is 1. The predicted octanol–water partition coefficient (Wildman–Crippen LogP) is 3.05. The second-order valence-electron chi connectivity index (χ2n) is 5.09. The lowest BCUT2D eigenvalue weighted by molar-refractivity contribution is 0.0343. The standard InChI is InChI=1S/C15H22N2OS2/c1-4-20-13-7-5-6-12(14(13)15(16)19)17-8-11(3)18-9-10(17)2/h5-7,10-11H,4,8-9H2,1-3H3,(H2,16,19). The van der Waals surface area contributed by atoms with Crippen LogP contribution in [-0.2, 0) is 4.74 Å². The van der Waals surface area contributed by atoms with E-state index < -0.39 is 0 Å². The third-order valence-electron chi connectivity index (χ3n) is 3.47. The van der Waals surface area contributed by atoms with Crippen LogP contribution in [0.25, 0.3) is 0 Å². The van der Waals surface area contributed by atoms with Gasteiger partial charge in [-0.3, -0.25) is 0 Å². The minimum absolute atomic E-state index is 0.230. The van der Waals surface area contributed by atoms with Crippen molar-refractivity contribution in [2.75, 3.05) is 23.8 Å². The van der Waals surface area contributed by atoms with Crippen LogP contribution in [0.1, 0.15) is 26.3 Å². The molecular weight excluding hydrogens is 288 g/mol. The van der Waals surface area contributed by atoms with E-state index in [0.29, 0.717) is 11.0 Å². The smallest absolute Gasteiger partial charge is 0.107 e. The zero-order valence-corrected chi connectivity index (χ0v) is 13.9. The maximum atomic E-state index is 5.99. The number of nitrogens with zero attached hydrogens (tertiary/aromatic N) is 1. The fourth-order valence-electron chi connectivity index (χ4n) is 2.52. The fourth-order valence-corrected chi connectivity index (χ4v) is 3.65. The summed E-state index contributed by atoms with van der Waals surface area (Å²) in [7, 11) is 0. The molecule has 1 aliphatic heterocycles. The fraction of sp³-hybridized carbons (Fsp3) is 0.533. The van der Waals surface area contributed by atoms with E-state index in [-0.39, 0.29) is 6.10 Å². The lowest BCUT2D eigenvalue weighted by Gasteiger charge is -2.39. The number of thiocarbonyl (C=S) groups is 1. The molecule has 0 spiro atoms. The van der Waals surface area contributed by atoms with Crippen molar-refractivity contribution < 1.29 is 4.74 Å². The molecule has 0 saturated carbocycles. The van der Waals surface area contributed by atoms with Crippen LogP contribution in [0.4, 0.5) is 5.69 Å². The molecule has 1 saturated heterocycles. The quantitative estimate of drug-likeness (QED) is 0.683. The summed E-state index contributed by atoms with van der Waals surface area (Å²) in [5, 5.41) is 0. The summed E-state index contributed by atoms with van der Waals surface area (Å²) in [6, 6.07) is 6.63. The summed E-state index contributed by atoms with van der Waals surface area (Å²) < 4.78 is 5.71. The van der Waals surface area contributed by atoms with Crippen molar-refractivity contribution >= 4 is 34.7 Å². The molecule has 1 aromatic carbocycles. The second kappa shape index (κ2) is 6.78. The van der Waals surface area contributed by atoms with Crippen molar-refractivity contribution in [3.63, 3.8) is 0 Å². The Morgan fingerprint density at radius 2 is 2.25 bits per heavy atom. The Hall–Kier alpha value is -0.780. The molecule has 2 atom stereocenters. The van der Waals surface area contributed by atoms with Gasteiger partial charge in [0.05, 0.1) is 12.7 Å². The molecule has 2 unspecified atom stereocenters. The van der Waals surface area contributed by atoms with Gasteiger partial charge in [0, 0.05) is 28.7 Å². The van der Waals surface area contributed by atoms with Gasteiger partial charge < -0.3 is 15.4 Å². The van der Waals surface area contributed by atoms with Crippen LogP contribution in [0.2, 0.25) is 0 Å². The number of ether oxygens (including phenoxy) is 1. The van der Waals surface area contributed by atoms with Gasteiger partial charge in [-0.2, -0.15) is 0 Å². The summed E-state index contributed by atoms with van der Waals surface area (Å²) in [5.74, 6) is 1.01. The minimum atomic E-state index is 0.230. The van der Waals surface area contributed by atoms with Gasteiger partial charge in [-0.05, 0) is 31.7 Å². The average Bonchev–Trinajstić information content (AvgIpc) is 2.41. The van der Waals surface area contributed by atoms with Gasteiger partial charge in [-0.25, -0.2) is 0 Å². The van der Waals surface area contributed by atoms with E-state index in [4.69, 9.17) is 22.7 Å². The SMILES string of the molecule is CCSc1cccc(N2CC(C)OCC2C)c1C(N)=S. The van der Waals surface area contributed by atoms with Gasteiger partial charge in [0.2, 0.25) is 0 Å². The highest BCUT2D eigenvalue weighted by Gasteiger charge is 2.26. The van der Waals surface area contributed by atoms with Crippen LogP contribution in [0.5, 0.6) is 0 Å². The zero-order chi connectivity index (χ0) is 14.7. The number of rotatable bonds is 4. The summed E-state index contributed by atoms with van der Waals surface area (Å²) in [5.41, 5.74) is 8.14. The Morgan fingerprint density at radius 3 is 2.90 bits per heavy atom. The molecule has 2 rings (SSSR count). The first-order valence-electron chi connectivity index (χ1n) is 6.98. The number of hydrogen-bond acceptors (Lipinski definition) is 4. The zero-order valence-electron chi connectivity index (χ0n) is 12.3. The van der Waals surface area contributed by atoms with Gasteiger partial charge in [0.25, 0.3) is 0 Å². The number of morpholine rings is 1. The van der Waals surface area contributed by atoms with E-state index in [1.807, 2.05) is 0 Å². The Kier molecular flexibility index (Phi) is 5.29. The molecule has 2 N–H and O–H groups in total. The van der Waals surface area contributed by atoms with Crippen molar-refractivity contribution in [3.8, 4) is 0 Å². The molecule has 20 heavy (non-hydrogen) atoms. The number of thioether (sulfide) groups is 1. The van der Waals surface area contributed by atoms with Gasteiger partial charge >= 0.3 is 0 Å². The van der Waals surface area contributed by atoms with Gasteiger partial charge in [0.1, 0.15) is 4.99 Å². The van der Waals surface area contributed by atoms with E-state index >= 15 is 0 Å². The van der Waals surface area contributed by atoms with E-state index in [0.717, 1.165) is 30.2 Å². The van der Waals surface area contributed by atoms with E-state index in [9.17, 15) is 0 Å². The third-order valence-corrected chi connectivity index (χ3v) is 4.61. The highest BCUT2D eigenvalue weighted by Crippen LogP contribution is 2.33. The van der Waals surface area contributed by atoms with Crippen LogP contribution >= 0.6 is 24.0 Å². The third kappa shape index (κ3) is 3.27. The first-order valence-corrected chi connectivity index (χ1v) is 8.37. The van der Waals surface area contributed by atoms with Gasteiger partial charge in [-0.15, -0.1) is 11.8 Å². The lowest BCUT2D eigenvalue weighted by Crippen LogP contribution is -2.48. The highest BCUT2D eigenvalue weighted by atomic mass is 32.2. The topological polar surface area (TPSA) is 38.5 Å². The van der Waals surface area contributed by atoms with Gasteiger partial charge in [-0.1, -0.05) is 25.2 Å². The molecule has 5 heteroatoms. The first-order chi connectivity index (χ1) is 9.54. The highest BCUT2D eigenvalue weighted by molar-refractivity contribution is 7.99. The predicted molar refractivity (Wildman–Crippen MR) is 90.9 cm³/mol. The minimum Gasteiger partial charge on any atom is -0.389 e. The number of anilines is 1. The van der Waals surface area contributed by atoms with Crippen molar-refractivity contribution in [2.45, 2.75) is 37.8 Å². The maximum Gasteiger partial charge on any atom is 0.107 e. The molecule has 0 aliphatic carbocycles. The summed E-state index contributed by atoms with van der Waals surface area (Å²) in [6.07, 6.45) is 0.230. The monoisotopic (exact) mass is 310 g/mol. The molecule has 1 aromatic rings. The molecular formula is C15H22N2OS2. The molecule has 0 radical (unpaired) electrons. The summed E-state index contributed by atoms with van der Waals surface area (Å²) in [4.78, 5) is 4.01. The Morgan fingerprint density at radius 1 is 1.50 bits per heavy atom.